The lowest BCUT2D eigenvalue weighted by Crippen LogP contribution is -2.37. The molecule has 1 saturated carbocycles. The molecule has 1 aromatic carbocycles. The predicted octanol–water partition coefficient (Wildman–Crippen LogP) is 3.78. The van der Waals surface area contributed by atoms with Gasteiger partial charge in [-0.2, -0.15) is 0 Å². The third kappa shape index (κ3) is 3.31. The Kier molecular flexibility index (Phi) is 4.61. The maximum absolute atomic E-state index is 13.1. The van der Waals surface area contributed by atoms with Gasteiger partial charge in [-0.25, -0.2) is 4.98 Å². The van der Waals surface area contributed by atoms with E-state index in [9.17, 15) is 4.79 Å². The van der Waals surface area contributed by atoms with E-state index in [0.717, 1.165) is 24.4 Å². The van der Waals surface area contributed by atoms with Crippen molar-refractivity contribution in [3.8, 4) is 0 Å². The largest absolute Gasteiger partial charge is 0.349 e. The van der Waals surface area contributed by atoms with Gasteiger partial charge in [0.2, 0.25) is 0 Å². The Morgan fingerprint density at radius 2 is 1.82 bits per heavy atom. The second kappa shape index (κ2) is 7.40. The second-order valence-corrected chi connectivity index (χ2v) is 7.93. The standard InChI is InChI=1S/C23H26N4O/c28-23(21-19-10-4-5-15-27(19)22(25-21)18-11-12-18)24-16-20(26-13-6-7-14-26)17-8-2-1-3-9-17/h1-5,8-10,15,18,20H,6-7,11-14,16H2,(H,24,28). The number of benzene rings is 1. The number of amides is 1. The van der Waals surface area contributed by atoms with Crippen molar-refractivity contribution >= 4 is 11.4 Å². The highest BCUT2D eigenvalue weighted by Crippen LogP contribution is 2.40. The van der Waals surface area contributed by atoms with Gasteiger partial charge in [-0.15, -0.1) is 0 Å². The van der Waals surface area contributed by atoms with Gasteiger partial charge in [0.25, 0.3) is 5.91 Å². The Labute approximate surface area is 165 Å². The van der Waals surface area contributed by atoms with Gasteiger partial charge in [0.05, 0.1) is 11.6 Å². The number of pyridine rings is 1. The van der Waals surface area contributed by atoms with Gasteiger partial charge < -0.3 is 9.72 Å². The minimum Gasteiger partial charge on any atom is -0.349 e. The average Bonchev–Trinajstić information content (AvgIpc) is 3.29. The molecule has 2 aromatic heterocycles. The molecule has 2 aliphatic rings. The molecule has 1 atom stereocenters. The summed E-state index contributed by atoms with van der Waals surface area (Å²) in [7, 11) is 0. The Hall–Kier alpha value is -2.66. The number of hydrogen-bond acceptors (Lipinski definition) is 3. The zero-order valence-electron chi connectivity index (χ0n) is 16.1. The van der Waals surface area contributed by atoms with Crippen molar-refractivity contribution in [1.29, 1.82) is 0 Å². The van der Waals surface area contributed by atoms with Crippen LogP contribution in [0.4, 0.5) is 0 Å². The summed E-state index contributed by atoms with van der Waals surface area (Å²) >= 11 is 0. The summed E-state index contributed by atoms with van der Waals surface area (Å²) in [4.78, 5) is 20.3. The number of imidazole rings is 1. The molecule has 5 nitrogen and oxygen atoms in total. The Morgan fingerprint density at radius 3 is 2.57 bits per heavy atom. The molecule has 1 aliphatic carbocycles. The van der Waals surface area contributed by atoms with E-state index in [0.29, 0.717) is 18.2 Å². The van der Waals surface area contributed by atoms with Crippen LogP contribution in [0.1, 0.15) is 59.5 Å². The number of carbonyl (C=O) groups excluding carboxylic acids is 1. The van der Waals surface area contributed by atoms with Gasteiger partial charge in [0.15, 0.2) is 5.69 Å². The number of carbonyl (C=O) groups is 1. The molecule has 1 N–H and O–H groups in total. The number of hydrogen-bond donors (Lipinski definition) is 1. The molecular weight excluding hydrogens is 348 g/mol. The molecule has 28 heavy (non-hydrogen) atoms. The monoisotopic (exact) mass is 374 g/mol. The molecule has 3 aromatic rings. The lowest BCUT2D eigenvalue weighted by molar-refractivity contribution is 0.0935. The summed E-state index contributed by atoms with van der Waals surface area (Å²) < 4.78 is 2.09. The third-order valence-electron chi connectivity index (χ3n) is 5.95. The zero-order chi connectivity index (χ0) is 18.9. The maximum Gasteiger partial charge on any atom is 0.272 e. The molecule has 0 spiro atoms. The third-order valence-corrected chi connectivity index (χ3v) is 5.95. The van der Waals surface area contributed by atoms with Gasteiger partial charge in [-0.1, -0.05) is 36.4 Å². The molecule has 0 radical (unpaired) electrons. The molecule has 1 unspecified atom stereocenters. The maximum atomic E-state index is 13.1. The van der Waals surface area contributed by atoms with Crippen molar-refractivity contribution in [3.05, 3.63) is 71.8 Å². The molecule has 1 amide bonds. The number of nitrogens with zero attached hydrogens (tertiary/aromatic N) is 3. The van der Waals surface area contributed by atoms with Crippen molar-refractivity contribution in [2.45, 2.75) is 37.6 Å². The van der Waals surface area contributed by atoms with Crippen molar-refractivity contribution < 1.29 is 4.79 Å². The molecule has 5 rings (SSSR count). The number of likely N-dealkylation sites (tertiary alicyclic amines) is 1. The first-order valence-corrected chi connectivity index (χ1v) is 10.4. The molecular formula is C23H26N4O. The lowest BCUT2D eigenvalue weighted by atomic mass is 10.1. The van der Waals surface area contributed by atoms with E-state index in [1.807, 2.05) is 30.5 Å². The highest BCUT2D eigenvalue weighted by atomic mass is 16.1. The first-order valence-electron chi connectivity index (χ1n) is 10.4. The van der Waals surface area contributed by atoms with Crippen molar-refractivity contribution in [1.82, 2.24) is 19.6 Å². The van der Waals surface area contributed by atoms with E-state index in [1.165, 1.54) is 31.2 Å². The molecule has 144 valence electrons. The van der Waals surface area contributed by atoms with Crippen LogP contribution in [0.15, 0.2) is 54.7 Å². The number of rotatable bonds is 6. The van der Waals surface area contributed by atoms with E-state index < -0.39 is 0 Å². The van der Waals surface area contributed by atoms with E-state index >= 15 is 0 Å². The van der Waals surface area contributed by atoms with Crippen LogP contribution in [0.25, 0.3) is 5.52 Å². The lowest BCUT2D eigenvalue weighted by Gasteiger charge is -2.28. The van der Waals surface area contributed by atoms with Crippen LogP contribution in [-0.2, 0) is 0 Å². The molecule has 0 bridgehead atoms. The Bertz CT molecular complexity index is 971. The zero-order valence-corrected chi connectivity index (χ0v) is 16.1. The fourth-order valence-electron chi connectivity index (χ4n) is 4.32. The van der Waals surface area contributed by atoms with Crippen LogP contribution < -0.4 is 5.32 Å². The summed E-state index contributed by atoms with van der Waals surface area (Å²) in [6.07, 6.45) is 6.81. The Balaban J connectivity index is 1.38. The molecule has 1 aliphatic heterocycles. The van der Waals surface area contributed by atoms with E-state index in [4.69, 9.17) is 4.98 Å². The van der Waals surface area contributed by atoms with Gasteiger partial charge in [0.1, 0.15) is 5.82 Å². The summed E-state index contributed by atoms with van der Waals surface area (Å²) in [6.45, 7) is 2.79. The van der Waals surface area contributed by atoms with Crippen LogP contribution in [0.2, 0.25) is 0 Å². The van der Waals surface area contributed by atoms with Crippen molar-refractivity contribution in [2.24, 2.45) is 0 Å². The highest BCUT2D eigenvalue weighted by molar-refractivity contribution is 5.99. The number of fused-ring (bicyclic) bond motifs is 1. The number of nitrogens with one attached hydrogen (secondary N) is 1. The smallest absolute Gasteiger partial charge is 0.272 e. The SMILES string of the molecule is O=C(NCC(c1ccccc1)N1CCCC1)c1nc(C2CC2)n2ccccc12. The summed E-state index contributed by atoms with van der Waals surface area (Å²) in [5.41, 5.74) is 2.72. The second-order valence-electron chi connectivity index (χ2n) is 7.93. The average molecular weight is 374 g/mol. The van der Waals surface area contributed by atoms with Gasteiger partial charge in [0, 0.05) is 18.7 Å². The summed E-state index contributed by atoms with van der Waals surface area (Å²) in [5.74, 6) is 1.45. The first-order chi connectivity index (χ1) is 13.8. The van der Waals surface area contributed by atoms with Gasteiger partial charge in [-0.3, -0.25) is 9.69 Å². The fraction of sp³-hybridized carbons (Fsp3) is 0.391. The van der Waals surface area contributed by atoms with E-state index in [2.05, 4.69) is 38.9 Å². The molecule has 1 saturated heterocycles. The molecule has 3 heterocycles. The first kappa shape index (κ1) is 17.4. The minimum absolute atomic E-state index is 0.0734. The normalized spacial score (nSPS) is 18.4. The van der Waals surface area contributed by atoms with E-state index in [-0.39, 0.29) is 11.9 Å². The number of aromatic nitrogens is 2. The van der Waals surface area contributed by atoms with Crippen LogP contribution in [0.5, 0.6) is 0 Å². The minimum atomic E-state index is -0.0734. The topological polar surface area (TPSA) is 49.6 Å². The molecule has 2 fully saturated rings. The Morgan fingerprint density at radius 1 is 1.07 bits per heavy atom. The summed E-state index contributed by atoms with van der Waals surface area (Å²) in [5, 5.41) is 3.18. The van der Waals surface area contributed by atoms with Crippen LogP contribution in [0.3, 0.4) is 0 Å². The quantitative estimate of drug-likeness (QED) is 0.714. The van der Waals surface area contributed by atoms with Crippen LogP contribution in [0, 0.1) is 0 Å². The predicted molar refractivity (Wildman–Crippen MR) is 109 cm³/mol. The van der Waals surface area contributed by atoms with Gasteiger partial charge >= 0.3 is 0 Å². The van der Waals surface area contributed by atoms with Crippen molar-refractivity contribution in [3.63, 3.8) is 0 Å². The van der Waals surface area contributed by atoms with Crippen molar-refractivity contribution in [2.75, 3.05) is 19.6 Å². The molecule has 5 heteroatoms. The fourth-order valence-corrected chi connectivity index (χ4v) is 4.32. The van der Waals surface area contributed by atoms with E-state index in [1.54, 1.807) is 0 Å². The summed E-state index contributed by atoms with van der Waals surface area (Å²) in [6, 6.07) is 16.7. The van der Waals surface area contributed by atoms with Crippen LogP contribution in [-0.4, -0.2) is 39.8 Å². The highest BCUT2D eigenvalue weighted by Gasteiger charge is 2.31. The van der Waals surface area contributed by atoms with Gasteiger partial charge in [-0.05, 0) is 56.5 Å². The van der Waals surface area contributed by atoms with Crippen LogP contribution >= 0.6 is 0 Å².